The topological polar surface area (TPSA) is 55.6 Å². The molecule has 0 aliphatic carbocycles. The van der Waals surface area contributed by atoms with E-state index in [1.807, 2.05) is 43.3 Å². The van der Waals surface area contributed by atoms with E-state index in [1.165, 1.54) is 5.56 Å². The number of benzene rings is 2. The molecule has 106 valence electrons. The van der Waals surface area contributed by atoms with Crippen LogP contribution in [0.1, 0.15) is 11.1 Å². The standard InChI is InChI=1S/C15H14ClN5/c1-11-8-14(6-7-15(11)21-10-18-19-20-21)17-9-12-2-4-13(16)5-3-12/h2-8,10,17H,9H2,1H3. The van der Waals surface area contributed by atoms with Crippen LogP contribution in [0.4, 0.5) is 5.69 Å². The number of anilines is 1. The van der Waals surface area contributed by atoms with Crippen LogP contribution in [0.5, 0.6) is 0 Å². The van der Waals surface area contributed by atoms with Gasteiger partial charge in [0.25, 0.3) is 0 Å². The Labute approximate surface area is 127 Å². The third-order valence-corrected chi connectivity index (χ3v) is 3.45. The van der Waals surface area contributed by atoms with E-state index in [2.05, 4.69) is 26.9 Å². The first-order valence-corrected chi connectivity index (χ1v) is 6.92. The van der Waals surface area contributed by atoms with Crippen molar-refractivity contribution in [3.8, 4) is 5.69 Å². The fourth-order valence-electron chi connectivity index (χ4n) is 2.10. The lowest BCUT2D eigenvalue weighted by Gasteiger charge is -2.10. The van der Waals surface area contributed by atoms with Crippen LogP contribution in [0.2, 0.25) is 5.02 Å². The van der Waals surface area contributed by atoms with Gasteiger partial charge in [0, 0.05) is 17.3 Å². The summed E-state index contributed by atoms with van der Waals surface area (Å²) in [7, 11) is 0. The maximum absolute atomic E-state index is 5.88. The second-order valence-corrected chi connectivity index (χ2v) is 5.17. The average Bonchev–Trinajstić information content (AvgIpc) is 3.01. The highest BCUT2D eigenvalue weighted by molar-refractivity contribution is 6.30. The van der Waals surface area contributed by atoms with Gasteiger partial charge in [-0.25, -0.2) is 4.68 Å². The van der Waals surface area contributed by atoms with Crippen LogP contribution in [0.15, 0.2) is 48.8 Å². The van der Waals surface area contributed by atoms with E-state index >= 15 is 0 Å². The van der Waals surface area contributed by atoms with Gasteiger partial charge in [0.15, 0.2) is 0 Å². The molecule has 0 amide bonds. The van der Waals surface area contributed by atoms with Crippen LogP contribution in [-0.2, 0) is 6.54 Å². The molecule has 0 aliphatic rings. The Morgan fingerprint density at radius 3 is 2.62 bits per heavy atom. The summed E-state index contributed by atoms with van der Waals surface area (Å²) in [6.07, 6.45) is 1.59. The number of aryl methyl sites for hydroxylation is 1. The summed E-state index contributed by atoms with van der Waals surface area (Å²) in [6, 6.07) is 13.9. The first kappa shape index (κ1) is 13.6. The lowest BCUT2D eigenvalue weighted by molar-refractivity contribution is 0.785. The van der Waals surface area contributed by atoms with Gasteiger partial charge >= 0.3 is 0 Å². The number of tetrazole rings is 1. The summed E-state index contributed by atoms with van der Waals surface area (Å²) in [5.74, 6) is 0. The minimum Gasteiger partial charge on any atom is -0.381 e. The van der Waals surface area contributed by atoms with Crippen LogP contribution in [0.25, 0.3) is 5.69 Å². The zero-order valence-electron chi connectivity index (χ0n) is 11.5. The number of halogens is 1. The zero-order chi connectivity index (χ0) is 14.7. The Kier molecular flexibility index (Phi) is 3.83. The quantitative estimate of drug-likeness (QED) is 0.803. The molecule has 0 saturated carbocycles. The minimum absolute atomic E-state index is 0.750. The van der Waals surface area contributed by atoms with Gasteiger partial charge in [-0.05, 0) is 58.8 Å². The lowest BCUT2D eigenvalue weighted by Crippen LogP contribution is -2.02. The first-order chi connectivity index (χ1) is 10.2. The van der Waals surface area contributed by atoms with Gasteiger partial charge in [-0.3, -0.25) is 0 Å². The third-order valence-electron chi connectivity index (χ3n) is 3.20. The Morgan fingerprint density at radius 2 is 1.95 bits per heavy atom. The number of nitrogens with one attached hydrogen (secondary N) is 1. The van der Waals surface area contributed by atoms with Crippen LogP contribution in [0.3, 0.4) is 0 Å². The van der Waals surface area contributed by atoms with E-state index in [0.717, 1.165) is 28.5 Å². The van der Waals surface area contributed by atoms with Gasteiger partial charge in [-0.1, -0.05) is 23.7 Å². The van der Waals surface area contributed by atoms with E-state index < -0.39 is 0 Å². The van der Waals surface area contributed by atoms with Gasteiger partial charge in [0.2, 0.25) is 0 Å². The molecule has 5 nitrogen and oxygen atoms in total. The van der Waals surface area contributed by atoms with Crippen LogP contribution in [0, 0.1) is 6.92 Å². The Bertz CT molecular complexity index is 722. The Hall–Kier alpha value is -2.40. The summed E-state index contributed by atoms with van der Waals surface area (Å²) < 4.78 is 1.65. The van der Waals surface area contributed by atoms with Crippen molar-refractivity contribution in [2.45, 2.75) is 13.5 Å². The summed E-state index contributed by atoms with van der Waals surface area (Å²) in [4.78, 5) is 0. The van der Waals surface area contributed by atoms with Crippen molar-refractivity contribution in [2.24, 2.45) is 0 Å². The average molecular weight is 300 g/mol. The predicted octanol–water partition coefficient (Wildman–Crippen LogP) is 3.24. The second kappa shape index (κ2) is 5.93. The maximum Gasteiger partial charge on any atom is 0.143 e. The molecule has 0 spiro atoms. The molecule has 1 N–H and O–H groups in total. The molecule has 0 bridgehead atoms. The van der Waals surface area contributed by atoms with Crippen LogP contribution >= 0.6 is 11.6 Å². The van der Waals surface area contributed by atoms with Crippen molar-refractivity contribution in [1.29, 1.82) is 0 Å². The highest BCUT2D eigenvalue weighted by Gasteiger charge is 2.03. The monoisotopic (exact) mass is 299 g/mol. The molecule has 0 saturated heterocycles. The Morgan fingerprint density at radius 1 is 1.14 bits per heavy atom. The van der Waals surface area contributed by atoms with Gasteiger partial charge in [0.05, 0.1) is 5.69 Å². The molecule has 21 heavy (non-hydrogen) atoms. The molecule has 6 heteroatoms. The molecule has 3 rings (SSSR count). The molecule has 1 aromatic heterocycles. The van der Waals surface area contributed by atoms with Crippen LogP contribution < -0.4 is 5.32 Å². The van der Waals surface area contributed by atoms with Crippen molar-refractivity contribution < 1.29 is 0 Å². The molecule has 0 unspecified atom stereocenters. The molecular weight excluding hydrogens is 286 g/mol. The van der Waals surface area contributed by atoms with E-state index in [4.69, 9.17) is 11.6 Å². The molecule has 3 aromatic rings. The van der Waals surface area contributed by atoms with Crippen molar-refractivity contribution in [3.63, 3.8) is 0 Å². The first-order valence-electron chi connectivity index (χ1n) is 6.55. The summed E-state index contributed by atoms with van der Waals surface area (Å²) in [5, 5.41) is 15.3. The normalized spacial score (nSPS) is 10.6. The molecule has 0 radical (unpaired) electrons. The lowest BCUT2D eigenvalue weighted by atomic mass is 10.1. The van der Waals surface area contributed by atoms with Crippen molar-refractivity contribution in [1.82, 2.24) is 20.2 Å². The predicted molar refractivity (Wildman–Crippen MR) is 82.7 cm³/mol. The van der Waals surface area contributed by atoms with Crippen LogP contribution in [-0.4, -0.2) is 20.2 Å². The van der Waals surface area contributed by atoms with Crippen molar-refractivity contribution in [2.75, 3.05) is 5.32 Å². The van der Waals surface area contributed by atoms with Crippen molar-refractivity contribution in [3.05, 3.63) is 64.9 Å². The SMILES string of the molecule is Cc1cc(NCc2ccc(Cl)cc2)ccc1-n1cnnn1. The molecule has 0 atom stereocenters. The van der Waals surface area contributed by atoms with Gasteiger partial charge in [0.1, 0.15) is 6.33 Å². The highest BCUT2D eigenvalue weighted by Crippen LogP contribution is 2.19. The maximum atomic E-state index is 5.88. The van der Waals surface area contributed by atoms with E-state index in [1.54, 1.807) is 11.0 Å². The van der Waals surface area contributed by atoms with Gasteiger partial charge in [-0.15, -0.1) is 5.10 Å². The van der Waals surface area contributed by atoms with E-state index in [9.17, 15) is 0 Å². The number of hydrogen-bond donors (Lipinski definition) is 1. The fourth-order valence-corrected chi connectivity index (χ4v) is 2.23. The third kappa shape index (κ3) is 3.20. The second-order valence-electron chi connectivity index (χ2n) is 4.74. The molecular formula is C15H14ClN5. The minimum atomic E-state index is 0.750. The summed E-state index contributed by atoms with van der Waals surface area (Å²) in [6.45, 7) is 2.78. The fraction of sp³-hybridized carbons (Fsp3) is 0.133. The van der Waals surface area contributed by atoms with Crippen molar-refractivity contribution >= 4 is 17.3 Å². The van der Waals surface area contributed by atoms with Gasteiger partial charge in [-0.2, -0.15) is 0 Å². The highest BCUT2D eigenvalue weighted by atomic mass is 35.5. The molecule has 2 aromatic carbocycles. The largest absolute Gasteiger partial charge is 0.381 e. The van der Waals surface area contributed by atoms with Gasteiger partial charge < -0.3 is 5.32 Å². The molecule has 0 fully saturated rings. The Balaban J connectivity index is 1.72. The number of aromatic nitrogens is 4. The molecule has 1 heterocycles. The van der Waals surface area contributed by atoms with E-state index in [0.29, 0.717) is 0 Å². The number of nitrogens with zero attached hydrogens (tertiary/aromatic N) is 4. The molecule has 0 aliphatic heterocycles. The number of rotatable bonds is 4. The number of hydrogen-bond acceptors (Lipinski definition) is 4. The van der Waals surface area contributed by atoms with E-state index in [-0.39, 0.29) is 0 Å². The summed E-state index contributed by atoms with van der Waals surface area (Å²) in [5.41, 5.74) is 4.31. The summed E-state index contributed by atoms with van der Waals surface area (Å²) >= 11 is 5.88. The smallest absolute Gasteiger partial charge is 0.143 e. The zero-order valence-corrected chi connectivity index (χ0v) is 12.2.